The van der Waals surface area contributed by atoms with Crippen LogP contribution < -0.4 is 10.0 Å². The summed E-state index contributed by atoms with van der Waals surface area (Å²) in [7, 11) is -3.38. The molecule has 2 heterocycles. The average Bonchev–Trinajstić information content (AvgIpc) is 3.47. The van der Waals surface area contributed by atoms with Crippen molar-refractivity contribution in [1.82, 2.24) is 10.0 Å². The Balaban J connectivity index is 1.10. The van der Waals surface area contributed by atoms with Gasteiger partial charge in [-0.1, -0.05) is 6.07 Å². The molecule has 1 aromatic carbocycles. The smallest absolute Gasteiger partial charge is 0.241 e. The fraction of sp³-hybridized carbons (Fsp3) is 0.542. The van der Waals surface area contributed by atoms with Crippen LogP contribution >= 0.6 is 11.3 Å². The molecule has 2 unspecified atom stereocenters. The summed E-state index contributed by atoms with van der Waals surface area (Å²) in [6, 6.07) is 7.29. The normalized spacial score (nSPS) is 28.8. The fourth-order valence-corrected chi connectivity index (χ4v) is 7.62. The maximum atomic E-state index is 13.6. The first-order valence-electron chi connectivity index (χ1n) is 11.6. The molecular formula is C24H30FN3O2S2. The molecule has 172 valence electrons. The van der Waals surface area contributed by atoms with Crippen LogP contribution in [-0.4, -0.2) is 33.4 Å². The fourth-order valence-electron chi connectivity index (χ4n) is 5.47. The summed E-state index contributed by atoms with van der Waals surface area (Å²) in [4.78, 5) is 5.29. The summed E-state index contributed by atoms with van der Waals surface area (Å²) in [5, 5.41) is 7.08. The van der Waals surface area contributed by atoms with Crippen LogP contribution in [0.2, 0.25) is 0 Å². The molecule has 5 nitrogen and oxygen atoms in total. The third-order valence-electron chi connectivity index (χ3n) is 7.35. The lowest BCUT2D eigenvalue weighted by Crippen LogP contribution is -2.32. The van der Waals surface area contributed by atoms with Crippen molar-refractivity contribution in [1.29, 1.82) is 0 Å². The maximum absolute atomic E-state index is 13.6. The molecule has 0 spiro atoms. The number of benzene rings is 1. The predicted octanol–water partition coefficient (Wildman–Crippen LogP) is 4.46. The number of nitrogens with one attached hydrogen (secondary N) is 2. The van der Waals surface area contributed by atoms with E-state index in [0.29, 0.717) is 35.2 Å². The molecule has 1 saturated heterocycles. The minimum Gasteiger partial charge on any atom is -0.370 e. The Bertz CT molecular complexity index is 1080. The SMILES string of the molecule is O=S(=O)(NCC1CCC(CN=C2CC3c4ccc(F)cc4CCC3N2)CC1)c1ccsc1. The molecule has 5 rings (SSSR count). The van der Waals surface area contributed by atoms with Crippen LogP contribution in [0.3, 0.4) is 0 Å². The van der Waals surface area contributed by atoms with Crippen LogP contribution in [0, 0.1) is 17.7 Å². The lowest BCUT2D eigenvalue weighted by Gasteiger charge is -2.27. The number of fused-ring (bicyclic) bond motifs is 3. The third kappa shape index (κ3) is 4.77. The summed E-state index contributed by atoms with van der Waals surface area (Å²) >= 11 is 1.40. The van der Waals surface area contributed by atoms with Crippen molar-refractivity contribution in [2.45, 2.75) is 61.8 Å². The minimum absolute atomic E-state index is 0.142. The van der Waals surface area contributed by atoms with Crippen molar-refractivity contribution in [3.8, 4) is 0 Å². The van der Waals surface area contributed by atoms with Gasteiger partial charge in [-0.05, 0) is 85.1 Å². The third-order valence-corrected chi connectivity index (χ3v) is 9.61. The van der Waals surface area contributed by atoms with Crippen LogP contribution in [0.4, 0.5) is 4.39 Å². The predicted molar refractivity (Wildman–Crippen MR) is 126 cm³/mol. The first-order chi connectivity index (χ1) is 15.5. The molecule has 0 amide bonds. The molecule has 32 heavy (non-hydrogen) atoms. The first-order valence-corrected chi connectivity index (χ1v) is 14.0. The highest BCUT2D eigenvalue weighted by Gasteiger charge is 2.36. The van der Waals surface area contributed by atoms with Gasteiger partial charge < -0.3 is 5.32 Å². The van der Waals surface area contributed by atoms with Gasteiger partial charge in [0, 0.05) is 36.9 Å². The molecule has 0 bridgehead atoms. The second-order valence-electron chi connectivity index (χ2n) is 9.43. The van der Waals surface area contributed by atoms with Gasteiger partial charge in [-0.15, -0.1) is 0 Å². The number of sulfonamides is 1. The van der Waals surface area contributed by atoms with Gasteiger partial charge in [0.25, 0.3) is 0 Å². The maximum Gasteiger partial charge on any atom is 0.241 e. The van der Waals surface area contributed by atoms with E-state index in [1.165, 1.54) is 16.9 Å². The largest absolute Gasteiger partial charge is 0.370 e. The molecule has 3 aliphatic rings. The molecule has 1 aromatic heterocycles. The summed E-state index contributed by atoms with van der Waals surface area (Å²) in [6.45, 7) is 1.36. The van der Waals surface area contributed by atoms with E-state index < -0.39 is 10.0 Å². The van der Waals surface area contributed by atoms with Gasteiger partial charge in [0.2, 0.25) is 10.0 Å². The second kappa shape index (κ2) is 9.23. The van der Waals surface area contributed by atoms with Crippen molar-refractivity contribution < 1.29 is 12.8 Å². The molecule has 2 aromatic rings. The molecule has 1 aliphatic heterocycles. The Morgan fingerprint density at radius 1 is 1.12 bits per heavy atom. The molecular weight excluding hydrogens is 445 g/mol. The lowest BCUT2D eigenvalue weighted by molar-refractivity contribution is 0.280. The van der Waals surface area contributed by atoms with Crippen molar-refractivity contribution in [2.24, 2.45) is 16.8 Å². The number of nitrogens with zero attached hydrogens (tertiary/aromatic N) is 1. The van der Waals surface area contributed by atoms with Crippen molar-refractivity contribution in [2.75, 3.05) is 13.1 Å². The first kappa shape index (κ1) is 22.0. The van der Waals surface area contributed by atoms with E-state index in [0.717, 1.165) is 62.9 Å². The van der Waals surface area contributed by atoms with Crippen LogP contribution in [0.15, 0.2) is 44.9 Å². The number of hydrogen-bond acceptors (Lipinski definition) is 4. The van der Waals surface area contributed by atoms with E-state index in [-0.39, 0.29) is 5.82 Å². The van der Waals surface area contributed by atoms with E-state index >= 15 is 0 Å². The monoisotopic (exact) mass is 475 g/mol. The minimum atomic E-state index is -3.38. The van der Waals surface area contributed by atoms with E-state index in [9.17, 15) is 12.8 Å². The van der Waals surface area contributed by atoms with Gasteiger partial charge in [0.15, 0.2) is 0 Å². The van der Waals surface area contributed by atoms with Gasteiger partial charge in [-0.3, -0.25) is 4.99 Å². The summed E-state index contributed by atoms with van der Waals surface area (Å²) in [5.41, 5.74) is 2.44. The molecule has 1 saturated carbocycles. The van der Waals surface area contributed by atoms with Crippen molar-refractivity contribution in [3.05, 3.63) is 52.0 Å². The number of halogens is 1. The Labute approximate surface area is 193 Å². The van der Waals surface area contributed by atoms with Crippen LogP contribution in [0.1, 0.15) is 55.6 Å². The Morgan fingerprint density at radius 2 is 1.94 bits per heavy atom. The van der Waals surface area contributed by atoms with E-state index in [1.807, 2.05) is 6.07 Å². The van der Waals surface area contributed by atoms with Crippen LogP contribution in [-0.2, 0) is 16.4 Å². The lowest BCUT2D eigenvalue weighted by atomic mass is 9.80. The standard InChI is InChI=1S/C24H30FN3O2S2/c25-19-6-7-21-18(11-19)5-8-23-22(21)12-24(28-23)26-13-16-1-3-17(4-2-16)14-27-32(29,30)20-9-10-31-15-20/h6-7,9-11,15-17,22-23,27H,1-5,8,12-14H2,(H,26,28). The molecule has 8 heteroatoms. The zero-order valence-electron chi connectivity index (χ0n) is 18.1. The molecule has 0 radical (unpaired) electrons. The van der Waals surface area contributed by atoms with Gasteiger partial charge in [-0.2, -0.15) is 11.3 Å². The van der Waals surface area contributed by atoms with Gasteiger partial charge in [-0.25, -0.2) is 17.5 Å². The van der Waals surface area contributed by atoms with Crippen LogP contribution in [0.25, 0.3) is 0 Å². The van der Waals surface area contributed by atoms with E-state index in [2.05, 4.69) is 10.0 Å². The van der Waals surface area contributed by atoms with Gasteiger partial charge in [0.05, 0.1) is 10.7 Å². The number of aryl methyl sites for hydroxylation is 1. The molecule has 2 atom stereocenters. The number of amidine groups is 1. The quantitative estimate of drug-likeness (QED) is 0.648. The summed E-state index contributed by atoms with van der Waals surface area (Å²) < 4.78 is 41.0. The number of rotatable bonds is 6. The number of thiophene rings is 1. The Hall–Kier alpha value is -1.77. The van der Waals surface area contributed by atoms with Crippen molar-refractivity contribution in [3.63, 3.8) is 0 Å². The number of hydrogen-bond donors (Lipinski definition) is 2. The topological polar surface area (TPSA) is 70.6 Å². The zero-order chi connectivity index (χ0) is 22.1. The summed E-state index contributed by atoms with van der Waals surface area (Å²) in [6.07, 6.45) is 7.15. The summed E-state index contributed by atoms with van der Waals surface area (Å²) in [5.74, 6) is 2.33. The Kier molecular flexibility index (Phi) is 6.36. The highest BCUT2D eigenvalue weighted by molar-refractivity contribution is 7.89. The van der Waals surface area contributed by atoms with Gasteiger partial charge in [0.1, 0.15) is 5.82 Å². The average molecular weight is 476 g/mol. The van der Waals surface area contributed by atoms with Crippen LogP contribution in [0.5, 0.6) is 0 Å². The Morgan fingerprint density at radius 3 is 2.72 bits per heavy atom. The molecule has 2 fully saturated rings. The highest BCUT2D eigenvalue weighted by atomic mass is 32.2. The second-order valence-corrected chi connectivity index (χ2v) is 12.0. The van der Waals surface area contributed by atoms with E-state index in [1.54, 1.807) is 29.0 Å². The van der Waals surface area contributed by atoms with Crippen molar-refractivity contribution >= 4 is 27.2 Å². The van der Waals surface area contributed by atoms with E-state index in [4.69, 9.17) is 4.99 Å². The zero-order valence-corrected chi connectivity index (χ0v) is 19.7. The molecule has 2 aliphatic carbocycles. The van der Waals surface area contributed by atoms with Gasteiger partial charge >= 0.3 is 0 Å². The highest BCUT2D eigenvalue weighted by Crippen LogP contribution is 2.38. The molecule has 2 N–H and O–H groups in total. The number of aliphatic imine (C=N–C) groups is 1.